The maximum absolute atomic E-state index is 11.6. The second-order valence-electron chi connectivity index (χ2n) is 3.64. The van der Waals surface area contributed by atoms with Gasteiger partial charge in [0.1, 0.15) is 5.15 Å². The molecule has 10 heteroatoms. The third-order valence-electron chi connectivity index (χ3n) is 1.66. The van der Waals surface area contributed by atoms with E-state index in [4.69, 9.17) is 11.6 Å². The molecular formula is C8H11ClN4O4S. The van der Waals surface area contributed by atoms with Crippen LogP contribution in [-0.2, 0) is 10.2 Å². The van der Waals surface area contributed by atoms with Gasteiger partial charge in [-0.05, 0) is 19.9 Å². The summed E-state index contributed by atoms with van der Waals surface area (Å²) in [6, 6.07) is 1.91. The molecule has 0 aliphatic rings. The fraction of sp³-hybridized carbons (Fsp3) is 0.375. The number of pyridine rings is 1. The molecule has 0 spiro atoms. The van der Waals surface area contributed by atoms with Gasteiger partial charge in [0.15, 0.2) is 0 Å². The number of rotatable bonds is 5. The van der Waals surface area contributed by atoms with Crippen LogP contribution in [-0.4, -0.2) is 24.4 Å². The van der Waals surface area contributed by atoms with Crippen LogP contribution in [0.25, 0.3) is 0 Å². The lowest BCUT2D eigenvalue weighted by Crippen LogP contribution is -2.35. The first-order valence-corrected chi connectivity index (χ1v) is 6.68. The topological polar surface area (TPSA) is 114 Å². The number of nitro groups is 1. The van der Waals surface area contributed by atoms with E-state index in [2.05, 4.69) is 9.71 Å². The zero-order valence-electron chi connectivity index (χ0n) is 9.55. The third kappa shape index (κ3) is 4.09. The standard InChI is InChI=1S/C8H11ClN4O4S/c1-5(2)11-18(16,17)12-8-6(13(14)15)3-4-7(9)10-8/h3-5,11H,1-2H3,(H,10,12). The fourth-order valence-electron chi connectivity index (χ4n) is 1.12. The van der Waals surface area contributed by atoms with Crippen LogP contribution >= 0.6 is 11.6 Å². The molecule has 0 aliphatic heterocycles. The molecule has 0 fully saturated rings. The zero-order chi connectivity index (χ0) is 13.9. The smallest absolute Gasteiger partial charge is 0.258 e. The van der Waals surface area contributed by atoms with Gasteiger partial charge in [-0.15, -0.1) is 0 Å². The summed E-state index contributed by atoms with van der Waals surface area (Å²) in [6.07, 6.45) is 0. The van der Waals surface area contributed by atoms with E-state index >= 15 is 0 Å². The van der Waals surface area contributed by atoms with Crippen molar-refractivity contribution < 1.29 is 13.3 Å². The summed E-state index contributed by atoms with van der Waals surface area (Å²) in [5.74, 6) is -0.430. The zero-order valence-corrected chi connectivity index (χ0v) is 11.1. The van der Waals surface area contributed by atoms with Crippen molar-refractivity contribution in [1.29, 1.82) is 0 Å². The van der Waals surface area contributed by atoms with Crippen LogP contribution in [0, 0.1) is 10.1 Å². The first kappa shape index (κ1) is 14.6. The van der Waals surface area contributed by atoms with Gasteiger partial charge in [-0.25, -0.2) is 9.71 Å². The Morgan fingerprint density at radius 2 is 2.06 bits per heavy atom. The van der Waals surface area contributed by atoms with Gasteiger partial charge in [0.2, 0.25) is 5.82 Å². The summed E-state index contributed by atoms with van der Waals surface area (Å²) in [4.78, 5) is 13.5. The van der Waals surface area contributed by atoms with E-state index in [9.17, 15) is 18.5 Å². The number of hydrogen-bond acceptors (Lipinski definition) is 5. The lowest BCUT2D eigenvalue weighted by Gasteiger charge is -2.11. The molecule has 0 unspecified atom stereocenters. The second-order valence-corrected chi connectivity index (χ2v) is 5.47. The first-order chi connectivity index (χ1) is 8.21. The van der Waals surface area contributed by atoms with E-state index in [1.807, 2.05) is 4.72 Å². The molecule has 0 bridgehead atoms. The summed E-state index contributed by atoms with van der Waals surface area (Å²) in [7, 11) is -3.93. The van der Waals surface area contributed by atoms with Gasteiger partial charge in [-0.1, -0.05) is 11.6 Å². The number of nitrogens with one attached hydrogen (secondary N) is 2. The largest absolute Gasteiger partial charge is 0.312 e. The van der Waals surface area contributed by atoms with Crippen molar-refractivity contribution in [2.75, 3.05) is 4.72 Å². The molecule has 1 heterocycles. The molecule has 0 aromatic carbocycles. The van der Waals surface area contributed by atoms with Gasteiger partial charge in [0.25, 0.3) is 0 Å². The van der Waals surface area contributed by atoms with E-state index < -0.39 is 26.6 Å². The van der Waals surface area contributed by atoms with Crippen LogP contribution in [0.2, 0.25) is 5.15 Å². The summed E-state index contributed by atoms with van der Waals surface area (Å²) < 4.78 is 27.3. The average molecular weight is 295 g/mol. The fourth-order valence-corrected chi connectivity index (χ4v) is 2.35. The van der Waals surface area contributed by atoms with E-state index in [1.54, 1.807) is 13.8 Å². The molecule has 2 N–H and O–H groups in total. The van der Waals surface area contributed by atoms with Gasteiger partial charge in [0, 0.05) is 12.1 Å². The molecular weight excluding hydrogens is 284 g/mol. The lowest BCUT2D eigenvalue weighted by atomic mass is 10.4. The van der Waals surface area contributed by atoms with Crippen LogP contribution in [0.15, 0.2) is 12.1 Å². The summed E-state index contributed by atoms with van der Waals surface area (Å²) in [5.41, 5.74) is -0.478. The van der Waals surface area contributed by atoms with E-state index in [0.29, 0.717) is 0 Å². The van der Waals surface area contributed by atoms with Gasteiger partial charge in [0.05, 0.1) is 4.92 Å². The van der Waals surface area contributed by atoms with Crippen molar-refractivity contribution in [3.8, 4) is 0 Å². The molecule has 0 atom stereocenters. The molecule has 1 aromatic rings. The summed E-state index contributed by atoms with van der Waals surface area (Å²) in [6.45, 7) is 3.22. The van der Waals surface area contributed by atoms with Crippen molar-refractivity contribution in [2.24, 2.45) is 0 Å². The molecule has 0 saturated carbocycles. The minimum absolute atomic E-state index is 0.0529. The van der Waals surface area contributed by atoms with Gasteiger partial charge in [-0.2, -0.15) is 13.1 Å². The number of halogens is 1. The number of aromatic nitrogens is 1. The van der Waals surface area contributed by atoms with Crippen LogP contribution in [0.5, 0.6) is 0 Å². The predicted octanol–water partition coefficient (Wildman–Crippen LogP) is 1.30. The molecule has 0 saturated heterocycles. The van der Waals surface area contributed by atoms with Crippen molar-refractivity contribution in [3.05, 3.63) is 27.4 Å². The van der Waals surface area contributed by atoms with Crippen molar-refractivity contribution in [2.45, 2.75) is 19.9 Å². The second kappa shape index (κ2) is 5.46. The number of hydrogen-bond donors (Lipinski definition) is 2. The molecule has 1 aromatic heterocycles. The van der Waals surface area contributed by atoms with Crippen LogP contribution in [0.1, 0.15) is 13.8 Å². The SMILES string of the molecule is CC(C)NS(=O)(=O)Nc1nc(Cl)ccc1[N+](=O)[O-]. The minimum Gasteiger partial charge on any atom is -0.258 e. The number of nitrogens with zero attached hydrogens (tertiary/aromatic N) is 2. The molecule has 0 amide bonds. The summed E-state index contributed by atoms with van der Waals surface area (Å²) in [5, 5.41) is 10.7. The quantitative estimate of drug-likeness (QED) is 0.482. The normalized spacial score (nSPS) is 11.6. The van der Waals surface area contributed by atoms with Crippen molar-refractivity contribution in [3.63, 3.8) is 0 Å². The summed E-state index contributed by atoms with van der Waals surface area (Å²) >= 11 is 5.57. The molecule has 18 heavy (non-hydrogen) atoms. The molecule has 1 rings (SSSR count). The van der Waals surface area contributed by atoms with Crippen molar-refractivity contribution >= 4 is 33.3 Å². The minimum atomic E-state index is -3.93. The Bertz CT molecular complexity index is 560. The molecule has 0 aliphatic carbocycles. The Morgan fingerprint density at radius 1 is 1.44 bits per heavy atom. The predicted molar refractivity (Wildman–Crippen MR) is 66.7 cm³/mol. The van der Waals surface area contributed by atoms with Crippen LogP contribution in [0.4, 0.5) is 11.5 Å². The van der Waals surface area contributed by atoms with Crippen LogP contribution in [0.3, 0.4) is 0 Å². The highest BCUT2D eigenvalue weighted by atomic mass is 35.5. The Kier molecular flexibility index (Phi) is 4.43. The van der Waals surface area contributed by atoms with Gasteiger partial charge < -0.3 is 0 Å². The van der Waals surface area contributed by atoms with Crippen LogP contribution < -0.4 is 9.44 Å². The molecule has 8 nitrogen and oxygen atoms in total. The van der Waals surface area contributed by atoms with E-state index in [1.165, 1.54) is 6.07 Å². The first-order valence-electron chi connectivity index (χ1n) is 4.82. The van der Waals surface area contributed by atoms with Gasteiger partial charge >= 0.3 is 15.9 Å². The van der Waals surface area contributed by atoms with E-state index in [0.717, 1.165) is 6.07 Å². The maximum atomic E-state index is 11.6. The third-order valence-corrected chi connectivity index (χ3v) is 3.11. The number of anilines is 1. The Balaban J connectivity index is 3.10. The monoisotopic (exact) mass is 294 g/mol. The van der Waals surface area contributed by atoms with Gasteiger partial charge in [-0.3, -0.25) is 10.1 Å². The Morgan fingerprint density at radius 3 is 2.56 bits per heavy atom. The molecule has 0 radical (unpaired) electrons. The van der Waals surface area contributed by atoms with Crippen molar-refractivity contribution in [1.82, 2.24) is 9.71 Å². The highest BCUT2D eigenvalue weighted by molar-refractivity contribution is 7.90. The molecule has 100 valence electrons. The maximum Gasteiger partial charge on any atom is 0.312 e. The average Bonchev–Trinajstić information content (AvgIpc) is 2.13. The Labute approximate surface area is 109 Å². The lowest BCUT2D eigenvalue weighted by molar-refractivity contribution is -0.384. The Hall–Kier alpha value is -1.45. The highest BCUT2D eigenvalue weighted by Crippen LogP contribution is 2.24. The van der Waals surface area contributed by atoms with E-state index in [-0.39, 0.29) is 11.2 Å². The highest BCUT2D eigenvalue weighted by Gasteiger charge is 2.21.